The third-order valence-electron chi connectivity index (χ3n) is 3.83. The summed E-state index contributed by atoms with van der Waals surface area (Å²) in [6.07, 6.45) is 1.55. The molecular weight excluding hydrogens is 375 g/mol. The van der Waals surface area contributed by atoms with Crippen molar-refractivity contribution in [3.63, 3.8) is 0 Å². The Morgan fingerprint density at radius 3 is 2.62 bits per heavy atom. The van der Waals surface area contributed by atoms with Crippen LogP contribution in [0.4, 0.5) is 4.39 Å². The fourth-order valence-corrected chi connectivity index (χ4v) is 3.88. The van der Waals surface area contributed by atoms with Crippen LogP contribution in [0.1, 0.15) is 17.2 Å². The van der Waals surface area contributed by atoms with Crippen molar-refractivity contribution in [2.24, 2.45) is 5.73 Å². The van der Waals surface area contributed by atoms with Crippen molar-refractivity contribution in [1.29, 1.82) is 10.5 Å². The zero-order chi connectivity index (χ0) is 18.7. The topological polar surface area (TPSA) is 98.8 Å². The van der Waals surface area contributed by atoms with Gasteiger partial charge in [0.05, 0.1) is 46.2 Å². The van der Waals surface area contributed by atoms with Gasteiger partial charge < -0.3 is 15.5 Å². The van der Waals surface area contributed by atoms with Crippen LogP contribution < -0.4 is 11.1 Å². The molecule has 5 nitrogen and oxygen atoms in total. The highest BCUT2D eigenvalue weighted by Crippen LogP contribution is 2.43. The molecule has 3 rings (SSSR count). The molecule has 0 bridgehead atoms. The molecule has 1 aromatic carbocycles. The lowest BCUT2D eigenvalue weighted by Crippen LogP contribution is -2.29. The van der Waals surface area contributed by atoms with E-state index >= 15 is 0 Å². The number of benzene rings is 1. The van der Waals surface area contributed by atoms with Gasteiger partial charge in [0, 0.05) is 10.6 Å². The summed E-state index contributed by atoms with van der Waals surface area (Å²) in [4.78, 5) is 0. The molecule has 8 heteroatoms. The molecule has 3 N–H and O–H groups in total. The van der Waals surface area contributed by atoms with Crippen LogP contribution >= 0.6 is 23.4 Å². The minimum atomic E-state index is -0.973. The molecule has 2 heterocycles. The van der Waals surface area contributed by atoms with Crippen molar-refractivity contribution in [3.05, 3.63) is 80.8 Å². The molecule has 0 amide bonds. The van der Waals surface area contributed by atoms with Crippen molar-refractivity contribution in [3.8, 4) is 12.1 Å². The molecule has 26 heavy (non-hydrogen) atoms. The Labute approximate surface area is 158 Å². The van der Waals surface area contributed by atoms with E-state index in [-0.39, 0.29) is 27.6 Å². The maximum atomic E-state index is 14.5. The van der Waals surface area contributed by atoms with Crippen molar-refractivity contribution in [2.75, 3.05) is 0 Å². The molecule has 1 aromatic heterocycles. The molecule has 130 valence electrons. The third kappa shape index (κ3) is 3.28. The number of rotatable bonds is 4. The summed E-state index contributed by atoms with van der Waals surface area (Å²) in [5, 5.41) is 22.6. The van der Waals surface area contributed by atoms with Crippen molar-refractivity contribution >= 4 is 23.4 Å². The first-order chi connectivity index (χ1) is 12.6. The lowest BCUT2D eigenvalue weighted by molar-refractivity contribution is 0.530. The standard InChI is InChI=1S/C18H12ClFN4OS/c19-13-4-1-5-14(20)16(13)15-11(7-21)17(23)24-18(12(15)8-22)26-9-10-3-2-6-25-10/h1-6,15,24H,9,23H2. The van der Waals surface area contributed by atoms with Crippen molar-refractivity contribution in [1.82, 2.24) is 5.32 Å². The monoisotopic (exact) mass is 386 g/mol. The Kier molecular flexibility index (Phi) is 5.22. The van der Waals surface area contributed by atoms with Crippen LogP contribution in [0.15, 0.2) is 63.0 Å². The van der Waals surface area contributed by atoms with E-state index in [1.807, 2.05) is 6.07 Å². The molecule has 0 aliphatic carbocycles. The molecule has 0 fully saturated rings. The van der Waals surface area contributed by atoms with Gasteiger partial charge in [-0.1, -0.05) is 29.4 Å². The van der Waals surface area contributed by atoms with Gasteiger partial charge in [0.25, 0.3) is 0 Å². The number of nitrogens with zero attached hydrogens (tertiary/aromatic N) is 2. The van der Waals surface area contributed by atoms with Gasteiger partial charge in [-0.05, 0) is 24.3 Å². The first-order valence-corrected chi connectivity index (χ1v) is 8.83. The molecule has 1 atom stereocenters. The van der Waals surface area contributed by atoms with Crippen LogP contribution in [0.25, 0.3) is 0 Å². The number of dihydropyridines is 1. The SMILES string of the molecule is N#CC1=C(N)NC(SCc2ccco2)=C(C#N)C1c1c(F)cccc1Cl. The van der Waals surface area contributed by atoms with Crippen LogP contribution in [0.2, 0.25) is 5.02 Å². The number of nitrogens with one attached hydrogen (secondary N) is 1. The summed E-state index contributed by atoms with van der Waals surface area (Å²) in [7, 11) is 0. The first-order valence-electron chi connectivity index (χ1n) is 7.47. The van der Waals surface area contributed by atoms with Gasteiger partial charge in [0.15, 0.2) is 0 Å². The second-order valence-electron chi connectivity index (χ2n) is 5.36. The molecular formula is C18H12ClFN4OS. The van der Waals surface area contributed by atoms with Crippen LogP contribution in [-0.2, 0) is 5.75 Å². The van der Waals surface area contributed by atoms with E-state index in [4.69, 9.17) is 21.8 Å². The van der Waals surface area contributed by atoms with E-state index in [9.17, 15) is 14.9 Å². The molecule has 1 unspecified atom stereocenters. The van der Waals surface area contributed by atoms with Gasteiger partial charge in [-0.15, -0.1) is 0 Å². The summed E-state index contributed by atoms with van der Waals surface area (Å²) >= 11 is 7.45. The molecule has 1 aliphatic heterocycles. The first kappa shape index (κ1) is 17.9. The number of nitrogens with two attached hydrogens (primary N) is 1. The molecule has 1 aliphatic rings. The summed E-state index contributed by atoms with van der Waals surface area (Å²) < 4.78 is 19.8. The summed E-state index contributed by atoms with van der Waals surface area (Å²) in [6.45, 7) is 0. The van der Waals surface area contributed by atoms with Crippen LogP contribution in [0.5, 0.6) is 0 Å². The van der Waals surface area contributed by atoms with E-state index in [0.29, 0.717) is 16.5 Å². The summed E-state index contributed by atoms with van der Waals surface area (Å²) in [5.74, 6) is -0.367. The predicted octanol–water partition coefficient (Wildman–Crippen LogP) is 4.12. The number of thioether (sulfide) groups is 1. The highest BCUT2D eigenvalue weighted by atomic mass is 35.5. The van der Waals surface area contributed by atoms with Gasteiger partial charge in [0.1, 0.15) is 17.4 Å². The van der Waals surface area contributed by atoms with E-state index < -0.39 is 11.7 Å². The predicted molar refractivity (Wildman–Crippen MR) is 96.8 cm³/mol. The molecule has 0 saturated heterocycles. The zero-order valence-corrected chi connectivity index (χ0v) is 14.9. The number of nitriles is 2. The zero-order valence-electron chi connectivity index (χ0n) is 13.3. The highest BCUT2D eigenvalue weighted by Gasteiger charge is 2.34. The minimum Gasteiger partial charge on any atom is -0.468 e. The van der Waals surface area contributed by atoms with Gasteiger partial charge >= 0.3 is 0 Å². The average molecular weight is 387 g/mol. The Balaban J connectivity index is 2.09. The van der Waals surface area contributed by atoms with E-state index in [1.54, 1.807) is 18.4 Å². The maximum absolute atomic E-state index is 14.5. The second kappa shape index (κ2) is 7.57. The van der Waals surface area contributed by atoms with E-state index in [1.165, 1.54) is 30.0 Å². The highest BCUT2D eigenvalue weighted by molar-refractivity contribution is 8.02. The summed E-state index contributed by atoms with van der Waals surface area (Å²) in [6, 6.07) is 11.8. The normalized spacial score (nSPS) is 16.8. The number of hydrogen-bond acceptors (Lipinski definition) is 6. The van der Waals surface area contributed by atoms with E-state index in [2.05, 4.69) is 11.4 Å². The Morgan fingerprint density at radius 2 is 2.00 bits per heavy atom. The average Bonchev–Trinajstić information content (AvgIpc) is 3.13. The maximum Gasteiger partial charge on any atom is 0.128 e. The Bertz CT molecular complexity index is 965. The fourth-order valence-electron chi connectivity index (χ4n) is 2.66. The Hall–Kier alpha value is -2.87. The lowest BCUT2D eigenvalue weighted by Gasteiger charge is -2.27. The smallest absolute Gasteiger partial charge is 0.128 e. The number of hydrogen-bond donors (Lipinski definition) is 2. The fraction of sp³-hybridized carbons (Fsp3) is 0.111. The second-order valence-corrected chi connectivity index (χ2v) is 6.75. The molecule has 0 saturated carbocycles. The van der Waals surface area contributed by atoms with Gasteiger partial charge in [-0.3, -0.25) is 0 Å². The third-order valence-corrected chi connectivity index (χ3v) is 5.20. The molecule has 2 aromatic rings. The van der Waals surface area contributed by atoms with Crippen molar-refractivity contribution in [2.45, 2.75) is 11.7 Å². The number of allylic oxidation sites excluding steroid dienone is 2. The van der Waals surface area contributed by atoms with Crippen LogP contribution in [0, 0.1) is 28.5 Å². The van der Waals surface area contributed by atoms with Crippen LogP contribution in [-0.4, -0.2) is 0 Å². The molecule has 0 radical (unpaired) electrons. The lowest BCUT2D eigenvalue weighted by atomic mass is 9.84. The Morgan fingerprint density at radius 1 is 1.23 bits per heavy atom. The van der Waals surface area contributed by atoms with Gasteiger partial charge in [-0.2, -0.15) is 10.5 Å². The minimum absolute atomic E-state index is 0.0518. The van der Waals surface area contributed by atoms with E-state index in [0.717, 1.165) is 0 Å². The molecule has 0 spiro atoms. The van der Waals surface area contributed by atoms with Gasteiger partial charge in [-0.25, -0.2) is 4.39 Å². The largest absolute Gasteiger partial charge is 0.468 e. The van der Waals surface area contributed by atoms with Crippen molar-refractivity contribution < 1.29 is 8.81 Å². The van der Waals surface area contributed by atoms with Gasteiger partial charge in [0.2, 0.25) is 0 Å². The number of furan rings is 1. The number of halogens is 2. The summed E-state index contributed by atoms with van der Waals surface area (Å²) in [5.41, 5.74) is 6.26. The van der Waals surface area contributed by atoms with Crippen LogP contribution in [0.3, 0.4) is 0 Å². The quantitative estimate of drug-likeness (QED) is 0.819.